The molecule has 1 aromatic carbocycles. The van der Waals surface area contributed by atoms with E-state index in [0.29, 0.717) is 0 Å². The summed E-state index contributed by atoms with van der Waals surface area (Å²) in [7, 11) is -4.18. The lowest BCUT2D eigenvalue weighted by Gasteiger charge is -2.08. The van der Waals surface area contributed by atoms with Gasteiger partial charge in [-0.2, -0.15) is 0 Å². The lowest BCUT2D eigenvalue weighted by atomic mass is 10.3. The van der Waals surface area contributed by atoms with Gasteiger partial charge in [0.05, 0.1) is 0 Å². The number of halogens is 2. The second-order valence-corrected chi connectivity index (χ2v) is 7.37. The Morgan fingerprint density at radius 3 is 2.71 bits per heavy atom. The van der Waals surface area contributed by atoms with Crippen molar-refractivity contribution in [3.8, 4) is 0 Å². The first-order valence-corrected chi connectivity index (χ1v) is 8.60. The van der Waals surface area contributed by atoms with E-state index in [1.165, 1.54) is 12.3 Å². The predicted octanol–water partition coefficient (Wildman–Crippen LogP) is 2.63. The van der Waals surface area contributed by atoms with Crippen LogP contribution in [0.15, 0.2) is 26.9 Å². The summed E-state index contributed by atoms with van der Waals surface area (Å²) in [5, 5.41) is 1.38. The van der Waals surface area contributed by atoms with E-state index in [-0.39, 0.29) is 26.8 Å². The maximum atomic E-state index is 13.8. The number of anilines is 2. The average molecular weight is 394 g/mol. The van der Waals surface area contributed by atoms with Crippen molar-refractivity contribution in [1.82, 2.24) is 4.98 Å². The van der Waals surface area contributed by atoms with Gasteiger partial charge in [-0.05, 0) is 28.1 Å². The Labute approximate surface area is 132 Å². The lowest BCUT2D eigenvalue weighted by molar-refractivity contribution is 0.101. The smallest absolute Gasteiger partial charge is 0.266 e. The number of aromatic nitrogens is 1. The molecular formula is C11H9BrFN3O3S2. The highest BCUT2D eigenvalue weighted by atomic mass is 79.9. The van der Waals surface area contributed by atoms with Gasteiger partial charge in [-0.15, -0.1) is 11.3 Å². The molecule has 0 aliphatic rings. The molecule has 0 saturated carbocycles. The molecule has 2 aromatic rings. The topological polar surface area (TPSA) is 102 Å². The molecule has 1 heterocycles. The van der Waals surface area contributed by atoms with Crippen molar-refractivity contribution in [2.75, 3.05) is 10.5 Å². The summed E-state index contributed by atoms with van der Waals surface area (Å²) in [4.78, 5) is 14.3. The molecule has 1 aromatic heterocycles. The van der Waals surface area contributed by atoms with E-state index in [0.717, 1.165) is 23.5 Å². The van der Waals surface area contributed by atoms with Crippen molar-refractivity contribution in [3.05, 3.63) is 33.5 Å². The Hall–Kier alpha value is -1.52. The van der Waals surface area contributed by atoms with Crippen molar-refractivity contribution in [2.45, 2.75) is 11.8 Å². The summed E-state index contributed by atoms with van der Waals surface area (Å²) >= 11 is 3.93. The number of nitrogens with one attached hydrogen (secondary N) is 1. The van der Waals surface area contributed by atoms with E-state index in [2.05, 4.69) is 25.6 Å². The first-order chi connectivity index (χ1) is 9.70. The summed E-state index contributed by atoms with van der Waals surface area (Å²) in [6.07, 6.45) is 0. The fourth-order valence-corrected chi connectivity index (χ4v) is 3.82. The molecule has 2 rings (SSSR count). The quantitative estimate of drug-likeness (QED) is 0.613. The van der Waals surface area contributed by atoms with Gasteiger partial charge in [-0.25, -0.2) is 17.8 Å². The van der Waals surface area contributed by atoms with Crippen molar-refractivity contribution in [1.29, 1.82) is 0 Å². The highest BCUT2D eigenvalue weighted by Crippen LogP contribution is 2.28. The number of nitrogens with zero attached hydrogens (tertiary/aromatic N) is 1. The van der Waals surface area contributed by atoms with E-state index in [9.17, 15) is 17.6 Å². The van der Waals surface area contributed by atoms with Gasteiger partial charge in [0.25, 0.3) is 10.0 Å². The van der Waals surface area contributed by atoms with Crippen LogP contribution in [0, 0.1) is 5.82 Å². The Morgan fingerprint density at radius 2 is 2.14 bits per heavy atom. The molecule has 0 bridgehead atoms. The monoisotopic (exact) mass is 393 g/mol. The number of rotatable bonds is 4. The normalized spacial score (nSPS) is 11.4. The Balaban J connectivity index is 2.38. The van der Waals surface area contributed by atoms with Crippen LogP contribution in [0.1, 0.15) is 17.4 Å². The summed E-state index contributed by atoms with van der Waals surface area (Å²) in [5.41, 5.74) is 5.78. The summed E-state index contributed by atoms with van der Waals surface area (Å²) in [5.74, 6) is -1.25. The molecule has 0 fully saturated rings. The van der Waals surface area contributed by atoms with E-state index < -0.39 is 20.7 Å². The van der Waals surface area contributed by atoms with Crippen molar-refractivity contribution < 1.29 is 17.6 Å². The molecule has 10 heteroatoms. The number of hydrogen-bond donors (Lipinski definition) is 2. The van der Waals surface area contributed by atoms with Gasteiger partial charge >= 0.3 is 0 Å². The number of hydrogen-bond acceptors (Lipinski definition) is 6. The third kappa shape index (κ3) is 3.39. The number of nitrogens with two attached hydrogens (primary N) is 1. The van der Waals surface area contributed by atoms with Gasteiger partial charge < -0.3 is 5.73 Å². The second-order valence-electron chi connectivity index (χ2n) is 4.00. The van der Waals surface area contributed by atoms with E-state index in [1.54, 1.807) is 0 Å². The first kappa shape index (κ1) is 15.9. The number of ketones is 1. The van der Waals surface area contributed by atoms with E-state index in [1.807, 2.05) is 0 Å². The highest BCUT2D eigenvalue weighted by molar-refractivity contribution is 9.10. The minimum Gasteiger partial charge on any atom is -0.398 e. The number of Topliss-reactive ketones (excluding diaryl/α,β-unsaturated/α-hetero) is 1. The van der Waals surface area contributed by atoms with Crippen LogP contribution in [0.25, 0.3) is 0 Å². The highest BCUT2D eigenvalue weighted by Gasteiger charge is 2.22. The molecule has 0 aliphatic carbocycles. The third-order valence-corrected chi connectivity index (χ3v) is 5.35. The zero-order chi connectivity index (χ0) is 15.8. The van der Waals surface area contributed by atoms with Gasteiger partial charge in [0.15, 0.2) is 10.9 Å². The van der Waals surface area contributed by atoms with Gasteiger partial charge in [0.1, 0.15) is 16.4 Å². The zero-order valence-corrected chi connectivity index (χ0v) is 13.8. The molecule has 3 N–H and O–H groups in total. The number of benzene rings is 1. The minimum atomic E-state index is -4.18. The fourth-order valence-electron chi connectivity index (χ4n) is 1.40. The maximum absolute atomic E-state index is 13.8. The standard InChI is InChI=1S/C11H9BrFN3O3S2/c1-5(17)9-4-20-11(15-9)16-21(18,19)10-3-8(14)6(12)2-7(10)13/h2-4H,14H2,1H3,(H,15,16). The number of thiazole rings is 1. The SMILES string of the molecule is CC(=O)c1csc(NS(=O)(=O)c2cc(N)c(Br)cc2F)n1. The molecule has 21 heavy (non-hydrogen) atoms. The van der Waals surface area contributed by atoms with E-state index >= 15 is 0 Å². The number of nitrogen functional groups attached to an aromatic ring is 1. The van der Waals surface area contributed by atoms with Crippen LogP contribution in [-0.2, 0) is 10.0 Å². The number of sulfonamides is 1. The van der Waals surface area contributed by atoms with Crippen LogP contribution in [0.3, 0.4) is 0 Å². The summed E-state index contributed by atoms with van der Waals surface area (Å²) in [6, 6.07) is 1.97. The van der Waals surface area contributed by atoms with Crippen LogP contribution in [0.2, 0.25) is 0 Å². The molecule has 0 saturated heterocycles. The Kier molecular flexibility index (Phi) is 4.30. The van der Waals surface area contributed by atoms with Crippen molar-refractivity contribution in [3.63, 3.8) is 0 Å². The molecule has 0 amide bonds. The summed E-state index contributed by atoms with van der Waals surface area (Å²) < 4.78 is 40.4. The van der Waals surface area contributed by atoms with Crippen LogP contribution < -0.4 is 10.5 Å². The van der Waals surface area contributed by atoms with Crippen LogP contribution >= 0.6 is 27.3 Å². The Morgan fingerprint density at radius 1 is 1.48 bits per heavy atom. The molecule has 0 unspecified atom stereocenters. The molecule has 6 nitrogen and oxygen atoms in total. The molecular weight excluding hydrogens is 385 g/mol. The largest absolute Gasteiger partial charge is 0.398 e. The van der Waals surface area contributed by atoms with Gasteiger partial charge in [0.2, 0.25) is 0 Å². The van der Waals surface area contributed by atoms with Gasteiger partial charge in [-0.3, -0.25) is 9.52 Å². The molecule has 0 aliphatic heterocycles. The van der Waals surface area contributed by atoms with Gasteiger partial charge in [-0.1, -0.05) is 0 Å². The van der Waals surface area contributed by atoms with Crippen molar-refractivity contribution >= 4 is 53.9 Å². The maximum Gasteiger partial charge on any atom is 0.266 e. The van der Waals surface area contributed by atoms with Crippen molar-refractivity contribution in [2.24, 2.45) is 0 Å². The molecule has 0 radical (unpaired) electrons. The van der Waals surface area contributed by atoms with Crippen LogP contribution in [-0.4, -0.2) is 19.2 Å². The lowest BCUT2D eigenvalue weighted by Crippen LogP contribution is -2.15. The first-order valence-electron chi connectivity index (χ1n) is 5.44. The predicted molar refractivity (Wildman–Crippen MR) is 81.4 cm³/mol. The molecule has 0 atom stereocenters. The van der Waals surface area contributed by atoms with Gasteiger partial charge in [0, 0.05) is 22.5 Å². The second kappa shape index (κ2) is 5.70. The van der Waals surface area contributed by atoms with Crippen LogP contribution in [0.4, 0.5) is 15.2 Å². The van der Waals surface area contributed by atoms with Crippen LogP contribution in [0.5, 0.6) is 0 Å². The fraction of sp³-hybridized carbons (Fsp3) is 0.0909. The van der Waals surface area contributed by atoms with E-state index in [4.69, 9.17) is 5.73 Å². The third-order valence-electron chi connectivity index (χ3n) is 2.43. The number of carbonyl (C=O) groups is 1. The minimum absolute atomic E-state index is 0.0268. The summed E-state index contributed by atoms with van der Waals surface area (Å²) in [6.45, 7) is 1.31. The molecule has 112 valence electrons. The molecule has 0 spiro atoms. The Bertz CT molecular complexity index is 820. The number of carbonyl (C=O) groups excluding carboxylic acids is 1. The zero-order valence-electron chi connectivity index (χ0n) is 10.6. The average Bonchev–Trinajstić information content (AvgIpc) is 2.81.